The number of halogens is 1. The summed E-state index contributed by atoms with van der Waals surface area (Å²) in [6.07, 6.45) is 2.22. The van der Waals surface area contributed by atoms with Gasteiger partial charge < -0.3 is 9.73 Å². The molecule has 2 aromatic heterocycles. The number of hydrogen-bond acceptors (Lipinski definition) is 6. The van der Waals surface area contributed by atoms with Crippen LogP contribution in [0.5, 0.6) is 0 Å². The topological polar surface area (TPSA) is 80.9 Å². The van der Waals surface area contributed by atoms with Gasteiger partial charge in [0.15, 0.2) is 11.7 Å². The maximum atomic E-state index is 12.2. The zero-order valence-corrected chi connectivity index (χ0v) is 16.2. The molecule has 0 aliphatic rings. The minimum absolute atomic E-state index is 0.173. The predicted molar refractivity (Wildman–Crippen MR) is 109 cm³/mol. The molecule has 2 heterocycles. The van der Waals surface area contributed by atoms with Gasteiger partial charge in [0.05, 0.1) is 11.2 Å². The molecule has 140 valence electrons. The molecular weight excluding hydrogens is 396 g/mol. The lowest BCUT2D eigenvalue weighted by atomic mass is 10.2. The van der Waals surface area contributed by atoms with E-state index in [1.54, 1.807) is 12.3 Å². The lowest BCUT2D eigenvalue weighted by Gasteiger charge is -2.00. The van der Waals surface area contributed by atoms with Crippen molar-refractivity contribution in [2.75, 3.05) is 5.32 Å². The molecule has 8 heteroatoms. The second-order valence-corrected chi connectivity index (χ2v) is 7.31. The second-order valence-electron chi connectivity index (χ2n) is 5.92. The van der Waals surface area contributed by atoms with Crippen molar-refractivity contribution in [3.05, 3.63) is 71.7 Å². The van der Waals surface area contributed by atoms with Crippen LogP contribution in [0, 0.1) is 0 Å². The number of hydrogen-bond donors (Lipinski definition) is 1. The van der Waals surface area contributed by atoms with Crippen molar-refractivity contribution in [2.45, 2.75) is 12.8 Å². The van der Waals surface area contributed by atoms with E-state index >= 15 is 0 Å². The molecule has 0 bridgehead atoms. The Bertz CT molecular complexity index is 1090. The lowest BCUT2D eigenvalue weighted by Crippen LogP contribution is -2.12. The normalized spacial score (nSPS) is 10.8. The summed E-state index contributed by atoms with van der Waals surface area (Å²) in [5.41, 5.74) is 1.74. The second kappa shape index (κ2) is 8.33. The van der Waals surface area contributed by atoms with Gasteiger partial charge in [-0.15, -0.1) is 10.2 Å². The van der Waals surface area contributed by atoms with E-state index < -0.39 is 0 Å². The van der Waals surface area contributed by atoms with Crippen molar-refractivity contribution < 1.29 is 9.21 Å². The maximum absolute atomic E-state index is 12.2. The van der Waals surface area contributed by atoms with Gasteiger partial charge in [0.25, 0.3) is 0 Å². The van der Waals surface area contributed by atoms with Gasteiger partial charge in [-0.05, 0) is 12.1 Å². The molecule has 0 atom stereocenters. The van der Waals surface area contributed by atoms with E-state index in [1.165, 1.54) is 11.3 Å². The van der Waals surface area contributed by atoms with Crippen molar-refractivity contribution in [2.24, 2.45) is 0 Å². The van der Waals surface area contributed by atoms with Crippen molar-refractivity contribution in [1.82, 2.24) is 15.2 Å². The molecule has 0 radical (unpaired) electrons. The number of aromatic nitrogens is 3. The average molecular weight is 411 g/mol. The van der Waals surface area contributed by atoms with Crippen LogP contribution in [0.15, 0.2) is 65.2 Å². The summed E-state index contributed by atoms with van der Waals surface area (Å²) < 4.78 is 5.71. The highest BCUT2D eigenvalue weighted by Gasteiger charge is 2.13. The molecule has 1 amide bonds. The third-order valence-corrected chi connectivity index (χ3v) is 5.17. The van der Waals surface area contributed by atoms with Gasteiger partial charge in [-0.1, -0.05) is 65.4 Å². The Morgan fingerprint density at radius 2 is 1.86 bits per heavy atom. The summed E-state index contributed by atoms with van der Waals surface area (Å²) in [6.45, 7) is 0. The molecule has 4 rings (SSSR count). The van der Waals surface area contributed by atoms with Crippen molar-refractivity contribution in [3.63, 3.8) is 0 Å². The number of benzene rings is 2. The summed E-state index contributed by atoms with van der Waals surface area (Å²) in [4.78, 5) is 16.4. The van der Waals surface area contributed by atoms with Crippen molar-refractivity contribution in [3.8, 4) is 21.9 Å². The molecule has 2 aromatic carbocycles. The smallest absolute Gasteiger partial charge is 0.226 e. The molecule has 0 spiro atoms. The average Bonchev–Trinajstić information content (AvgIpc) is 3.37. The fourth-order valence-corrected chi connectivity index (χ4v) is 3.58. The van der Waals surface area contributed by atoms with E-state index in [9.17, 15) is 4.79 Å². The minimum Gasteiger partial charge on any atom is -0.441 e. The Balaban J connectivity index is 1.34. The van der Waals surface area contributed by atoms with E-state index in [1.807, 2.05) is 48.5 Å². The van der Waals surface area contributed by atoms with Crippen LogP contribution in [-0.2, 0) is 11.2 Å². The molecule has 0 saturated heterocycles. The van der Waals surface area contributed by atoms with Crippen LogP contribution >= 0.6 is 22.9 Å². The molecule has 0 aliphatic heterocycles. The summed E-state index contributed by atoms with van der Waals surface area (Å²) in [5.74, 6) is 0.887. The number of amides is 1. The minimum atomic E-state index is -0.173. The van der Waals surface area contributed by atoms with E-state index in [2.05, 4.69) is 20.5 Å². The van der Waals surface area contributed by atoms with Crippen LogP contribution in [0.2, 0.25) is 5.02 Å². The largest absolute Gasteiger partial charge is 0.441 e. The standard InChI is InChI=1S/C20H15ClN4O2S/c21-15-9-5-4-8-14(15)16-12-22-18(27-16)11-10-17(26)23-20-25-24-19(28-20)13-6-2-1-3-7-13/h1-9,12H,10-11H2,(H,23,25,26). The maximum Gasteiger partial charge on any atom is 0.226 e. The first-order chi connectivity index (χ1) is 13.7. The van der Waals surface area contributed by atoms with Crippen LogP contribution in [0.1, 0.15) is 12.3 Å². The summed E-state index contributed by atoms with van der Waals surface area (Å²) >= 11 is 7.50. The summed E-state index contributed by atoms with van der Waals surface area (Å²) in [7, 11) is 0. The van der Waals surface area contributed by atoms with Crippen molar-refractivity contribution >= 4 is 34.0 Å². The molecule has 0 saturated carbocycles. The fourth-order valence-electron chi connectivity index (χ4n) is 2.58. The fraction of sp³-hybridized carbons (Fsp3) is 0.100. The number of rotatable bonds is 6. The van der Waals surface area contributed by atoms with Crippen LogP contribution < -0.4 is 5.32 Å². The van der Waals surface area contributed by atoms with Gasteiger partial charge in [-0.3, -0.25) is 4.79 Å². The molecule has 0 aliphatic carbocycles. The number of nitrogens with zero attached hydrogens (tertiary/aromatic N) is 3. The Morgan fingerprint density at radius 3 is 2.68 bits per heavy atom. The zero-order chi connectivity index (χ0) is 19.3. The van der Waals surface area contributed by atoms with Gasteiger partial charge >= 0.3 is 0 Å². The van der Waals surface area contributed by atoms with Crippen LogP contribution in [0.4, 0.5) is 5.13 Å². The number of aryl methyl sites for hydroxylation is 1. The van der Waals surface area contributed by atoms with Crippen molar-refractivity contribution in [1.29, 1.82) is 0 Å². The summed E-state index contributed by atoms with van der Waals surface area (Å²) in [6, 6.07) is 17.1. The van der Waals surface area contributed by atoms with Gasteiger partial charge in [0.2, 0.25) is 11.0 Å². The van der Waals surface area contributed by atoms with E-state index in [0.29, 0.717) is 28.2 Å². The van der Waals surface area contributed by atoms with Gasteiger partial charge in [-0.2, -0.15) is 0 Å². The number of anilines is 1. The van der Waals surface area contributed by atoms with E-state index in [0.717, 1.165) is 16.1 Å². The predicted octanol–water partition coefficient (Wildman–Crippen LogP) is 5.08. The molecule has 1 N–H and O–H groups in total. The molecule has 4 aromatic rings. The number of carbonyl (C=O) groups excluding carboxylic acids is 1. The molecule has 28 heavy (non-hydrogen) atoms. The SMILES string of the molecule is O=C(CCc1ncc(-c2ccccc2Cl)o1)Nc1nnc(-c2ccccc2)s1. The molecular formula is C20H15ClN4O2S. The highest BCUT2D eigenvalue weighted by atomic mass is 35.5. The van der Waals surface area contributed by atoms with Crippen LogP contribution in [0.3, 0.4) is 0 Å². The third kappa shape index (κ3) is 4.27. The number of nitrogens with one attached hydrogen (secondary N) is 1. The highest BCUT2D eigenvalue weighted by molar-refractivity contribution is 7.18. The van der Waals surface area contributed by atoms with Gasteiger partial charge in [-0.25, -0.2) is 4.98 Å². The number of oxazole rings is 1. The lowest BCUT2D eigenvalue weighted by molar-refractivity contribution is -0.116. The first-order valence-corrected chi connectivity index (χ1v) is 9.77. The first kappa shape index (κ1) is 18.3. The summed E-state index contributed by atoms with van der Waals surface area (Å²) in [5, 5.41) is 12.7. The van der Waals surface area contributed by atoms with Gasteiger partial charge in [0.1, 0.15) is 5.01 Å². The Hall–Kier alpha value is -3.03. The quantitative estimate of drug-likeness (QED) is 0.479. The molecule has 0 unspecified atom stereocenters. The third-order valence-electron chi connectivity index (χ3n) is 3.95. The first-order valence-electron chi connectivity index (χ1n) is 8.57. The Morgan fingerprint density at radius 1 is 1.07 bits per heavy atom. The van der Waals surface area contributed by atoms with Crippen LogP contribution in [0.25, 0.3) is 21.9 Å². The highest BCUT2D eigenvalue weighted by Crippen LogP contribution is 2.28. The Kier molecular flexibility index (Phi) is 5.45. The van der Waals surface area contributed by atoms with Gasteiger partial charge in [0, 0.05) is 24.0 Å². The monoisotopic (exact) mass is 410 g/mol. The Labute approximate surface area is 170 Å². The van der Waals surface area contributed by atoms with E-state index in [4.69, 9.17) is 16.0 Å². The zero-order valence-electron chi connectivity index (χ0n) is 14.6. The molecule has 0 fully saturated rings. The number of carbonyl (C=O) groups is 1. The van der Waals surface area contributed by atoms with Crippen LogP contribution in [-0.4, -0.2) is 21.1 Å². The molecule has 6 nitrogen and oxygen atoms in total. The van der Waals surface area contributed by atoms with E-state index in [-0.39, 0.29) is 12.3 Å².